The molecule has 0 fully saturated rings. The lowest BCUT2D eigenvalue weighted by Crippen LogP contribution is -2.42. The number of hydrogen-bond donors (Lipinski definition) is 3. The summed E-state index contributed by atoms with van der Waals surface area (Å²) in [6.07, 6.45) is 0.830. The molecule has 3 N–H and O–H groups in total. The van der Waals surface area contributed by atoms with Gasteiger partial charge < -0.3 is 14.8 Å². The summed E-state index contributed by atoms with van der Waals surface area (Å²) in [4.78, 5) is 3.56. The van der Waals surface area contributed by atoms with Crippen LogP contribution in [0.25, 0.3) is 10.9 Å². The molecule has 2 heterocycles. The summed E-state index contributed by atoms with van der Waals surface area (Å²) >= 11 is 0. The molecule has 0 bridgehead atoms. The van der Waals surface area contributed by atoms with Crippen LogP contribution in [0.5, 0.6) is 5.75 Å². The van der Waals surface area contributed by atoms with Gasteiger partial charge in [0.1, 0.15) is 5.75 Å². The average molecular weight is 308 g/mol. The lowest BCUT2D eigenvalue weighted by molar-refractivity contribution is 0.228. The number of rotatable bonds is 3. The zero-order valence-electron chi connectivity index (χ0n) is 13.0. The van der Waals surface area contributed by atoms with Gasteiger partial charge in [-0.1, -0.05) is 30.3 Å². The molecule has 118 valence electrons. The highest BCUT2D eigenvalue weighted by Crippen LogP contribution is 2.35. The Morgan fingerprint density at radius 2 is 2.04 bits per heavy atom. The number of methoxy groups -OCH3 is 1. The summed E-state index contributed by atoms with van der Waals surface area (Å²) in [6.45, 7) is 0.124. The Bertz CT molecular complexity index is 840. The smallest absolute Gasteiger partial charge is 0.119 e. The van der Waals surface area contributed by atoms with Crippen LogP contribution in [0.15, 0.2) is 48.5 Å². The van der Waals surface area contributed by atoms with E-state index in [4.69, 9.17) is 4.74 Å². The molecular weight excluding hydrogens is 288 g/mol. The number of fused-ring (bicyclic) bond motifs is 3. The number of aliphatic hydroxyl groups excluding tert-OH is 1. The van der Waals surface area contributed by atoms with E-state index in [2.05, 4.69) is 34.6 Å². The van der Waals surface area contributed by atoms with Gasteiger partial charge in [0.25, 0.3) is 0 Å². The molecule has 1 aliphatic heterocycles. The Morgan fingerprint density at radius 1 is 1.17 bits per heavy atom. The van der Waals surface area contributed by atoms with E-state index in [-0.39, 0.29) is 18.7 Å². The fourth-order valence-corrected chi connectivity index (χ4v) is 3.51. The first-order valence-corrected chi connectivity index (χ1v) is 7.90. The molecule has 4 rings (SSSR count). The van der Waals surface area contributed by atoms with Crippen LogP contribution < -0.4 is 10.1 Å². The highest BCUT2D eigenvalue weighted by atomic mass is 16.5. The van der Waals surface area contributed by atoms with Gasteiger partial charge in [-0.15, -0.1) is 0 Å². The standard InChI is InChI=1S/C19H20N2O2/c1-23-14-6-4-5-12(9-14)18-19-16(10-13(11-22)20-18)15-7-2-3-8-17(15)21-19/h2-9,13,18,20-22H,10-11H2,1H3. The molecule has 4 heteroatoms. The van der Waals surface area contributed by atoms with Crippen LogP contribution in [0, 0.1) is 0 Å². The van der Waals surface area contributed by atoms with Crippen molar-refractivity contribution >= 4 is 10.9 Å². The first-order valence-electron chi connectivity index (χ1n) is 7.90. The van der Waals surface area contributed by atoms with Crippen LogP contribution in [0.3, 0.4) is 0 Å². The number of H-pyrrole nitrogens is 1. The van der Waals surface area contributed by atoms with Gasteiger partial charge in [0.2, 0.25) is 0 Å². The van der Waals surface area contributed by atoms with Crippen LogP contribution in [0.1, 0.15) is 22.9 Å². The van der Waals surface area contributed by atoms with Gasteiger partial charge in [-0.05, 0) is 35.7 Å². The number of benzene rings is 2. The molecule has 0 saturated heterocycles. The lowest BCUT2D eigenvalue weighted by atomic mass is 9.90. The summed E-state index contributed by atoms with van der Waals surface area (Å²) in [6, 6.07) is 16.5. The summed E-state index contributed by atoms with van der Waals surface area (Å²) < 4.78 is 5.36. The van der Waals surface area contributed by atoms with Gasteiger partial charge in [-0.25, -0.2) is 0 Å². The monoisotopic (exact) mass is 308 g/mol. The third-order valence-corrected chi connectivity index (χ3v) is 4.64. The van der Waals surface area contributed by atoms with E-state index in [1.165, 1.54) is 16.6 Å². The minimum Gasteiger partial charge on any atom is -0.497 e. The first-order chi connectivity index (χ1) is 11.3. The summed E-state index contributed by atoms with van der Waals surface area (Å²) in [7, 11) is 1.68. The lowest BCUT2D eigenvalue weighted by Gasteiger charge is -2.31. The van der Waals surface area contributed by atoms with Crippen molar-refractivity contribution in [1.82, 2.24) is 10.3 Å². The quantitative estimate of drug-likeness (QED) is 0.697. The van der Waals surface area contributed by atoms with Crippen molar-refractivity contribution in [2.45, 2.75) is 18.5 Å². The van der Waals surface area contributed by atoms with Crippen LogP contribution in [0.2, 0.25) is 0 Å². The maximum absolute atomic E-state index is 9.69. The Balaban J connectivity index is 1.87. The van der Waals surface area contributed by atoms with Crippen molar-refractivity contribution in [3.63, 3.8) is 0 Å². The molecule has 23 heavy (non-hydrogen) atoms. The van der Waals surface area contributed by atoms with E-state index < -0.39 is 0 Å². The third kappa shape index (κ3) is 2.40. The molecule has 2 aromatic carbocycles. The topological polar surface area (TPSA) is 57.3 Å². The molecule has 1 aromatic heterocycles. The van der Waals surface area contributed by atoms with Gasteiger partial charge >= 0.3 is 0 Å². The van der Waals surface area contributed by atoms with Gasteiger partial charge in [-0.3, -0.25) is 5.32 Å². The normalized spacial score (nSPS) is 20.4. The zero-order valence-corrected chi connectivity index (χ0v) is 13.0. The third-order valence-electron chi connectivity index (χ3n) is 4.64. The Kier molecular flexibility index (Phi) is 3.56. The van der Waals surface area contributed by atoms with Crippen molar-refractivity contribution in [3.8, 4) is 5.75 Å². The number of aromatic amines is 1. The Labute approximate surface area is 135 Å². The summed E-state index contributed by atoms with van der Waals surface area (Å²) in [5.74, 6) is 0.841. The fraction of sp³-hybridized carbons (Fsp3) is 0.263. The molecule has 4 nitrogen and oxygen atoms in total. The number of nitrogens with one attached hydrogen (secondary N) is 2. The highest BCUT2D eigenvalue weighted by Gasteiger charge is 2.30. The van der Waals surface area contributed by atoms with Crippen LogP contribution in [-0.4, -0.2) is 29.8 Å². The number of para-hydroxylation sites is 1. The molecule has 1 aliphatic rings. The second-order valence-corrected chi connectivity index (χ2v) is 6.02. The number of hydrogen-bond acceptors (Lipinski definition) is 3. The molecule has 0 spiro atoms. The first kappa shape index (κ1) is 14.3. The molecule has 0 saturated carbocycles. The average Bonchev–Trinajstić information content (AvgIpc) is 2.99. The molecule has 2 unspecified atom stereocenters. The maximum atomic E-state index is 9.69. The van der Waals surface area contributed by atoms with E-state index in [0.717, 1.165) is 23.3 Å². The van der Waals surface area contributed by atoms with Crippen molar-refractivity contribution in [2.24, 2.45) is 0 Å². The SMILES string of the molecule is COc1cccc(C2NC(CO)Cc3c2[nH]c2ccccc32)c1. The molecule has 2 atom stereocenters. The largest absolute Gasteiger partial charge is 0.497 e. The summed E-state index contributed by atoms with van der Waals surface area (Å²) in [5.41, 5.74) is 4.76. The molecule has 0 amide bonds. The Morgan fingerprint density at radius 3 is 2.87 bits per heavy atom. The van der Waals surface area contributed by atoms with E-state index >= 15 is 0 Å². The van der Waals surface area contributed by atoms with E-state index in [1.807, 2.05) is 24.3 Å². The molecule has 0 aliphatic carbocycles. The van der Waals surface area contributed by atoms with E-state index in [9.17, 15) is 5.11 Å². The fourth-order valence-electron chi connectivity index (χ4n) is 3.51. The zero-order chi connectivity index (χ0) is 15.8. The van der Waals surface area contributed by atoms with Crippen molar-refractivity contribution in [2.75, 3.05) is 13.7 Å². The maximum Gasteiger partial charge on any atom is 0.119 e. The minimum atomic E-state index is 0.0263. The Hall–Kier alpha value is -2.30. The summed E-state index contributed by atoms with van der Waals surface area (Å²) in [5, 5.41) is 14.5. The van der Waals surface area contributed by atoms with Crippen molar-refractivity contribution < 1.29 is 9.84 Å². The second-order valence-electron chi connectivity index (χ2n) is 6.02. The van der Waals surface area contributed by atoms with E-state index in [1.54, 1.807) is 7.11 Å². The molecule has 0 radical (unpaired) electrons. The highest BCUT2D eigenvalue weighted by molar-refractivity contribution is 5.85. The number of aliphatic hydroxyl groups is 1. The van der Waals surface area contributed by atoms with Gasteiger partial charge in [0, 0.05) is 22.6 Å². The van der Waals surface area contributed by atoms with E-state index in [0.29, 0.717) is 0 Å². The van der Waals surface area contributed by atoms with Gasteiger partial charge in [0.15, 0.2) is 0 Å². The van der Waals surface area contributed by atoms with Crippen molar-refractivity contribution in [3.05, 3.63) is 65.4 Å². The number of ether oxygens (including phenoxy) is 1. The minimum absolute atomic E-state index is 0.0263. The second kappa shape index (κ2) is 5.72. The van der Waals surface area contributed by atoms with Gasteiger partial charge in [-0.2, -0.15) is 0 Å². The van der Waals surface area contributed by atoms with Crippen LogP contribution in [-0.2, 0) is 6.42 Å². The predicted octanol–water partition coefficient (Wildman–Crippen LogP) is 2.77. The van der Waals surface area contributed by atoms with Crippen molar-refractivity contribution in [1.29, 1.82) is 0 Å². The predicted molar refractivity (Wildman–Crippen MR) is 90.8 cm³/mol. The van der Waals surface area contributed by atoms with Crippen LogP contribution in [0.4, 0.5) is 0 Å². The van der Waals surface area contributed by atoms with Crippen LogP contribution >= 0.6 is 0 Å². The molecule has 3 aromatic rings. The van der Waals surface area contributed by atoms with Gasteiger partial charge in [0.05, 0.1) is 19.8 Å². The number of aromatic nitrogens is 1. The molecular formula is C19H20N2O2.